The van der Waals surface area contributed by atoms with Crippen molar-refractivity contribution in [1.29, 1.82) is 0 Å². The predicted molar refractivity (Wildman–Crippen MR) is 63.6 cm³/mol. The van der Waals surface area contributed by atoms with Gasteiger partial charge < -0.3 is 0 Å². The molecule has 0 aliphatic carbocycles. The minimum absolute atomic E-state index is 0.158. The van der Waals surface area contributed by atoms with Gasteiger partial charge in [0, 0.05) is 6.42 Å². The number of hydrogen-bond donors (Lipinski definition) is 0. The summed E-state index contributed by atoms with van der Waals surface area (Å²) in [6.07, 6.45) is 0.398. The second kappa shape index (κ2) is 6.09. The second-order valence-corrected chi connectivity index (χ2v) is 4.05. The minimum Gasteiger partial charge on any atom is -0.300 e. The molecule has 0 N–H and O–H groups in total. The molecule has 0 amide bonds. The van der Waals surface area contributed by atoms with Gasteiger partial charge in [-0.2, -0.15) is 0 Å². The summed E-state index contributed by atoms with van der Waals surface area (Å²) < 4.78 is 0. The zero-order chi connectivity index (χ0) is 12.8. The fourth-order valence-corrected chi connectivity index (χ4v) is 1.54. The molecule has 0 spiro atoms. The second-order valence-electron chi connectivity index (χ2n) is 4.05. The van der Waals surface area contributed by atoms with Crippen molar-refractivity contribution in [3.63, 3.8) is 0 Å². The molecule has 1 rings (SSSR count). The van der Waals surface area contributed by atoms with Crippen molar-refractivity contribution >= 4 is 17.3 Å². The highest BCUT2D eigenvalue weighted by atomic mass is 16.2. The molecule has 0 atom stereocenters. The van der Waals surface area contributed by atoms with Gasteiger partial charge in [-0.25, -0.2) is 0 Å². The monoisotopic (exact) mass is 231 g/mol. The summed E-state index contributed by atoms with van der Waals surface area (Å²) >= 11 is 0. The van der Waals surface area contributed by atoms with Crippen LogP contribution < -0.4 is 0 Å². The summed E-state index contributed by atoms with van der Waals surface area (Å²) in [5.41, 5.74) is 2.00. The minimum atomic E-state index is -0.588. The van der Waals surface area contributed by atoms with Crippen molar-refractivity contribution in [3.8, 4) is 0 Å². The zero-order valence-corrected chi connectivity index (χ0v) is 10.1. The van der Waals surface area contributed by atoms with E-state index in [1.165, 1.54) is 6.92 Å². The number of carbonyl (C=O) groups excluding carboxylic acids is 3. The first-order valence-corrected chi connectivity index (χ1v) is 5.52. The van der Waals surface area contributed by atoms with Gasteiger partial charge >= 0.3 is 0 Å². The van der Waals surface area contributed by atoms with Crippen molar-refractivity contribution in [1.82, 2.24) is 0 Å². The van der Waals surface area contributed by atoms with Crippen LogP contribution in [0.15, 0.2) is 18.2 Å². The molecule has 3 heteroatoms. The van der Waals surface area contributed by atoms with Crippen LogP contribution in [0, 0.1) is 13.0 Å². The molecule has 3 nitrogen and oxygen atoms in total. The van der Waals surface area contributed by atoms with Crippen LogP contribution >= 0.6 is 0 Å². The molecule has 0 unspecified atom stereocenters. The van der Waals surface area contributed by atoms with Gasteiger partial charge in [-0.3, -0.25) is 14.4 Å². The maximum Gasteiger partial charge on any atom is 0.205 e. The van der Waals surface area contributed by atoms with Crippen LogP contribution in [-0.4, -0.2) is 17.3 Å². The van der Waals surface area contributed by atoms with E-state index in [1.54, 1.807) is 0 Å². The van der Waals surface area contributed by atoms with Crippen LogP contribution in [0.2, 0.25) is 0 Å². The molecular weight excluding hydrogens is 216 g/mol. The van der Waals surface area contributed by atoms with Gasteiger partial charge in [0.15, 0.2) is 5.78 Å². The van der Waals surface area contributed by atoms with E-state index in [0.29, 0.717) is 6.42 Å². The predicted octanol–water partition coefficient (Wildman–Crippen LogP) is 1.85. The molecular formula is C14H15O3. The largest absolute Gasteiger partial charge is 0.300 e. The molecule has 0 saturated heterocycles. The van der Waals surface area contributed by atoms with Crippen molar-refractivity contribution in [2.24, 2.45) is 0 Å². The number of aryl methyl sites for hydroxylation is 2. The van der Waals surface area contributed by atoms with Gasteiger partial charge in [0.05, 0.1) is 6.42 Å². The lowest BCUT2D eigenvalue weighted by molar-refractivity contribution is -0.138. The summed E-state index contributed by atoms with van der Waals surface area (Å²) in [5, 5.41) is 0. The average Bonchev–Trinajstić information content (AvgIpc) is 2.26. The maximum atomic E-state index is 11.5. The summed E-state index contributed by atoms with van der Waals surface area (Å²) in [4.78, 5) is 33.4. The highest BCUT2D eigenvalue weighted by Gasteiger charge is 2.15. The summed E-state index contributed by atoms with van der Waals surface area (Å²) in [6, 6.07) is 8.60. The van der Waals surface area contributed by atoms with Crippen molar-refractivity contribution in [2.45, 2.75) is 33.1 Å². The molecule has 0 bridgehead atoms. The topological polar surface area (TPSA) is 51.2 Å². The SMILES string of the molecule is CC(=O)CC(=O)C(=O)CCc1ccc[c]c1C. The number of benzene rings is 1. The Bertz CT molecular complexity index is 447. The molecule has 0 fully saturated rings. The van der Waals surface area contributed by atoms with Crippen molar-refractivity contribution in [2.75, 3.05) is 0 Å². The van der Waals surface area contributed by atoms with Gasteiger partial charge in [-0.1, -0.05) is 18.2 Å². The third-order valence-corrected chi connectivity index (χ3v) is 2.52. The van der Waals surface area contributed by atoms with E-state index in [1.807, 2.05) is 25.1 Å². The van der Waals surface area contributed by atoms with Crippen LogP contribution in [0.25, 0.3) is 0 Å². The lowest BCUT2D eigenvalue weighted by Gasteiger charge is -2.03. The van der Waals surface area contributed by atoms with E-state index in [-0.39, 0.29) is 18.6 Å². The van der Waals surface area contributed by atoms with Crippen LogP contribution in [0.1, 0.15) is 30.9 Å². The Morgan fingerprint density at radius 3 is 2.53 bits per heavy atom. The smallest absolute Gasteiger partial charge is 0.205 e. The molecule has 0 saturated carbocycles. The summed E-state index contributed by atoms with van der Waals surface area (Å²) in [7, 11) is 0. The van der Waals surface area contributed by atoms with Crippen LogP contribution in [-0.2, 0) is 20.8 Å². The fourth-order valence-electron chi connectivity index (χ4n) is 1.54. The van der Waals surface area contributed by atoms with Gasteiger partial charge in [0.1, 0.15) is 5.78 Å². The zero-order valence-electron chi connectivity index (χ0n) is 10.1. The van der Waals surface area contributed by atoms with Crippen molar-refractivity contribution < 1.29 is 14.4 Å². The third kappa shape index (κ3) is 4.31. The molecule has 17 heavy (non-hydrogen) atoms. The van der Waals surface area contributed by atoms with E-state index in [0.717, 1.165) is 11.1 Å². The van der Waals surface area contributed by atoms with E-state index in [2.05, 4.69) is 6.07 Å². The van der Waals surface area contributed by atoms with Gasteiger partial charge in [-0.05, 0) is 37.5 Å². The first-order valence-electron chi connectivity index (χ1n) is 5.52. The van der Waals surface area contributed by atoms with E-state index in [4.69, 9.17) is 0 Å². The van der Waals surface area contributed by atoms with Gasteiger partial charge in [0.25, 0.3) is 0 Å². The number of carbonyl (C=O) groups is 3. The Hall–Kier alpha value is -1.77. The molecule has 1 aromatic rings. The Kier molecular flexibility index (Phi) is 4.76. The average molecular weight is 231 g/mol. The molecule has 1 radical (unpaired) electrons. The lowest BCUT2D eigenvalue weighted by Crippen LogP contribution is -2.17. The Morgan fingerprint density at radius 1 is 1.24 bits per heavy atom. The molecule has 1 aromatic carbocycles. The molecule has 89 valence electrons. The van der Waals surface area contributed by atoms with Gasteiger partial charge in [0.2, 0.25) is 5.78 Å². The molecule has 0 aliphatic rings. The molecule has 0 aliphatic heterocycles. The quantitative estimate of drug-likeness (QED) is 0.554. The van der Waals surface area contributed by atoms with Crippen LogP contribution in [0.3, 0.4) is 0 Å². The van der Waals surface area contributed by atoms with Crippen LogP contribution in [0.5, 0.6) is 0 Å². The van der Waals surface area contributed by atoms with Crippen molar-refractivity contribution in [3.05, 3.63) is 35.4 Å². The first kappa shape index (κ1) is 13.3. The van der Waals surface area contributed by atoms with Gasteiger partial charge in [-0.15, -0.1) is 0 Å². The maximum absolute atomic E-state index is 11.5. The number of ketones is 3. The van der Waals surface area contributed by atoms with E-state index in [9.17, 15) is 14.4 Å². The fraction of sp³-hybridized carbons (Fsp3) is 0.357. The molecule has 0 aromatic heterocycles. The Labute approximate surface area is 101 Å². The Balaban J connectivity index is 2.51. The van der Waals surface area contributed by atoms with E-state index >= 15 is 0 Å². The Morgan fingerprint density at radius 2 is 1.94 bits per heavy atom. The first-order chi connectivity index (χ1) is 8.00. The highest BCUT2D eigenvalue weighted by molar-refractivity contribution is 6.40. The summed E-state index contributed by atoms with van der Waals surface area (Å²) in [6.45, 7) is 3.22. The number of rotatable bonds is 6. The van der Waals surface area contributed by atoms with E-state index < -0.39 is 11.6 Å². The standard InChI is InChI=1S/C14H15O3/c1-10-5-3-4-6-12(10)7-8-13(16)14(17)9-11(2)15/h3-4,6H,7-9H2,1-2H3. The highest BCUT2D eigenvalue weighted by Crippen LogP contribution is 2.09. The number of hydrogen-bond acceptors (Lipinski definition) is 3. The molecule has 0 heterocycles. The third-order valence-electron chi connectivity index (χ3n) is 2.52. The number of Topliss-reactive ketones (excluding diaryl/α,β-unsaturated/α-hetero) is 3. The lowest BCUT2D eigenvalue weighted by atomic mass is 10.0. The normalized spacial score (nSPS) is 10.0. The summed E-state index contributed by atoms with van der Waals surface area (Å²) in [5.74, 6) is -1.33. The van der Waals surface area contributed by atoms with Crippen LogP contribution in [0.4, 0.5) is 0 Å².